The number of hydrogen-bond donors (Lipinski definition) is 0. The van der Waals surface area contributed by atoms with Crippen LogP contribution in [0, 0.1) is 0 Å². The normalized spacial score (nSPS) is 10.1. The first-order chi connectivity index (χ1) is 7.86. The van der Waals surface area contributed by atoms with E-state index in [0.29, 0.717) is 0 Å². The van der Waals surface area contributed by atoms with Gasteiger partial charge in [-0.2, -0.15) is 0 Å². The predicted molar refractivity (Wildman–Crippen MR) is 71.3 cm³/mol. The van der Waals surface area contributed by atoms with Crippen LogP contribution in [0.25, 0.3) is 17.2 Å². The molecule has 0 aliphatic heterocycles. The molecule has 0 saturated heterocycles. The summed E-state index contributed by atoms with van der Waals surface area (Å²) in [5.41, 5.74) is 5.15. The molecule has 0 aliphatic carbocycles. The van der Waals surface area contributed by atoms with Crippen molar-refractivity contribution in [3.8, 4) is 11.1 Å². The molecule has 0 spiro atoms. The standard InChI is InChI=1S/C16H16/c1-3-13-11-8-12-16(15(13)4-2)14-9-6-5-7-10-14/h4-12H,2-3H2,1H3. The largest absolute Gasteiger partial charge is 0.0984 e. The first-order valence-electron chi connectivity index (χ1n) is 5.66. The summed E-state index contributed by atoms with van der Waals surface area (Å²) in [6.45, 7) is 6.10. The zero-order valence-corrected chi connectivity index (χ0v) is 9.61. The van der Waals surface area contributed by atoms with Crippen LogP contribution in [0.2, 0.25) is 0 Å². The predicted octanol–water partition coefficient (Wildman–Crippen LogP) is 4.56. The lowest BCUT2D eigenvalue weighted by atomic mass is 9.94. The average Bonchev–Trinajstić information content (AvgIpc) is 2.38. The molecule has 0 heterocycles. The van der Waals surface area contributed by atoms with E-state index in [9.17, 15) is 0 Å². The van der Waals surface area contributed by atoms with Crippen molar-refractivity contribution in [1.29, 1.82) is 0 Å². The van der Waals surface area contributed by atoms with Gasteiger partial charge in [0.1, 0.15) is 0 Å². The molecule has 0 nitrogen and oxygen atoms in total. The molecular weight excluding hydrogens is 192 g/mol. The van der Waals surface area contributed by atoms with E-state index in [1.165, 1.54) is 22.3 Å². The zero-order chi connectivity index (χ0) is 11.4. The van der Waals surface area contributed by atoms with Crippen molar-refractivity contribution in [3.63, 3.8) is 0 Å². The highest BCUT2D eigenvalue weighted by molar-refractivity contribution is 5.76. The Bertz CT molecular complexity index is 481. The third kappa shape index (κ3) is 1.92. The van der Waals surface area contributed by atoms with Crippen molar-refractivity contribution in [2.24, 2.45) is 0 Å². The highest BCUT2D eigenvalue weighted by atomic mass is 14.1. The number of rotatable bonds is 3. The average molecular weight is 208 g/mol. The van der Waals surface area contributed by atoms with Crippen LogP contribution < -0.4 is 0 Å². The highest BCUT2D eigenvalue weighted by Gasteiger charge is 2.05. The minimum atomic E-state index is 1.04. The molecule has 0 unspecified atom stereocenters. The number of benzene rings is 2. The van der Waals surface area contributed by atoms with E-state index in [4.69, 9.17) is 0 Å². The maximum atomic E-state index is 3.93. The van der Waals surface area contributed by atoms with Crippen molar-refractivity contribution in [2.45, 2.75) is 13.3 Å². The van der Waals surface area contributed by atoms with Crippen molar-refractivity contribution < 1.29 is 0 Å². The van der Waals surface area contributed by atoms with Crippen molar-refractivity contribution in [1.82, 2.24) is 0 Å². The summed E-state index contributed by atoms with van der Waals surface area (Å²) >= 11 is 0. The molecule has 2 aromatic carbocycles. The van der Waals surface area contributed by atoms with E-state index >= 15 is 0 Å². The Morgan fingerprint density at radius 1 is 1.00 bits per heavy atom. The Kier molecular flexibility index (Phi) is 3.21. The minimum absolute atomic E-state index is 1.04. The van der Waals surface area contributed by atoms with Gasteiger partial charge in [0.05, 0.1) is 0 Å². The summed E-state index contributed by atoms with van der Waals surface area (Å²) in [5.74, 6) is 0. The second kappa shape index (κ2) is 4.80. The van der Waals surface area contributed by atoms with Crippen molar-refractivity contribution in [2.75, 3.05) is 0 Å². The second-order valence-electron chi connectivity index (χ2n) is 3.80. The molecular formula is C16H16. The molecule has 0 atom stereocenters. The Morgan fingerprint density at radius 3 is 2.38 bits per heavy atom. The van der Waals surface area contributed by atoms with Gasteiger partial charge in [0.15, 0.2) is 0 Å². The molecule has 0 aromatic heterocycles. The van der Waals surface area contributed by atoms with Crippen LogP contribution >= 0.6 is 0 Å². The number of hydrogen-bond acceptors (Lipinski definition) is 0. The van der Waals surface area contributed by atoms with Gasteiger partial charge in [-0.25, -0.2) is 0 Å². The van der Waals surface area contributed by atoms with Gasteiger partial charge in [-0.1, -0.05) is 68.1 Å². The summed E-state index contributed by atoms with van der Waals surface area (Å²) in [6, 6.07) is 16.9. The monoisotopic (exact) mass is 208 g/mol. The van der Waals surface area contributed by atoms with Crippen LogP contribution in [0.4, 0.5) is 0 Å². The summed E-state index contributed by atoms with van der Waals surface area (Å²) in [6.07, 6.45) is 3.00. The fourth-order valence-corrected chi connectivity index (χ4v) is 2.03. The van der Waals surface area contributed by atoms with Gasteiger partial charge in [-0.3, -0.25) is 0 Å². The second-order valence-corrected chi connectivity index (χ2v) is 3.80. The topological polar surface area (TPSA) is 0 Å². The molecule has 0 aliphatic rings. The Balaban J connectivity index is 2.61. The van der Waals surface area contributed by atoms with Crippen LogP contribution in [0.5, 0.6) is 0 Å². The molecule has 0 fully saturated rings. The molecule has 2 rings (SSSR count). The quantitative estimate of drug-likeness (QED) is 0.693. The smallest absolute Gasteiger partial charge is 0.0109 e. The van der Waals surface area contributed by atoms with Gasteiger partial charge in [0.25, 0.3) is 0 Å². The molecule has 16 heavy (non-hydrogen) atoms. The van der Waals surface area contributed by atoms with Crippen molar-refractivity contribution >= 4 is 6.08 Å². The van der Waals surface area contributed by atoms with Crippen LogP contribution in [-0.4, -0.2) is 0 Å². The summed E-state index contributed by atoms with van der Waals surface area (Å²) < 4.78 is 0. The number of aryl methyl sites for hydroxylation is 1. The Morgan fingerprint density at radius 2 is 1.75 bits per heavy atom. The van der Waals surface area contributed by atoms with Crippen LogP contribution in [0.15, 0.2) is 55.1 Å². The van der Waals surface area contributed by atoms with E-state index < -0.39 is 0 Å². The lowest BCUT2D eigenvalue weighted by Crippen LogP contribution is -1.90. The summed E-state index contributed by atoms with van der Waals surface area (Å²) in [7, 11) is 0. The first-order valence-corrected chi connectivity index (χ1v) is 5.66. The molecule has 0 bridgehead atoms. The van der Waals surface area contributed by atoms with Crippen LogP contribution in [0.3, 0.4) is 0 Å². The third-order valence-electron chi connectivity index (χ3n) is 2.87. The Hall–Kier alpha value is -1.82. The zero-order valence-electron chi connectivity index (χ0n) is 9.61. The third-order valence-corrected chi connectivity index (χ3v) is 2.87. The minimum Gasteiger partial charge on any atom is -0.0984 e. The van der Waals surface area contributed by atoms with Gasteiger partial charge in [-0.15, -0.1) is 0 Å². The molecule has 0 saturated carbocycles. The van der Waals surface area contributed by atoms with E-state index in [-0.39, 0.29) is 0 Å². The summed E-state index contributed by atoms with van der Waals surface area (Å²) in [4.78, 5) is 0. The summed E-state index contributed by atoms with van der Waals surface area (Å²) in [5, 5.41) is 0. The molecule has 80 valence electrons. The van der Waals surface area contributed by atoms with E-state index in [0.717, 1.165) is 6.42 Å². The van der Waals surface area contributed by atoms with Crippen LogP contribution in [-0.2, 0) is 6.42 Å². The highest BCUT2D eigenvalue weighted by Crippen LogP contribution is 2.27. The fraction of sp³-hybridized carbons (Fsp3) is 0.125. The SMILES string of the molecule is C=Cc1c(CC)cccc1-c1ccccc1. The fourth-order valence-electron chi connectivity index (χ4n) is 2.03. The van der Waals surface area contributed by atoms with Crippen molar-refractivity contribution in [3.05, 3.63) is 66.2 Å². The molecule has 0 N–H and O–H groups in total. The van der Waals surface area contributed by atoms with E-state index in [2.05, 4.69) is 56.0 Å². The molecule has 0 amide bonds. The molecule has 2 aromatic rings. The lowest BCUT2D eigenvalue weighted by molar-refractivity contribution is 1.13. The lowest BCUT2D eigenvalue weighted by Gasteiger charge is -2.10. The maximum Gasteiger partial charge on any atom is -0.0109 e. The van der Waals surface area contributed by atoms with Crippen LogP contribution in [0.1, 0.15) is 18.1 Å². The molecule has 0 heteroatoms. The van der Waals surface area contributed by atoms with Gasteiger partial charge < -0.3 is 0 Å². The van der Waals surface area contributed by atoms with Gasteiger partial charge in [0.2, 0.25) is 0 Å². The maximum absolute atomic E-state index is 3.93. The first kappa shape index (κ1) is 10.7. The van der Waals surface area contributed by atoms with Gasteiger partial charge in [0, 0.05) is 0 Å². The molecule has 0 radical (unpaired) electrons. The van der Waals surface area contributed by atoms with E-state index in [1.807, 2.05) is 12.1 Å². The van der Waals surface area contributed by atoms with Gasteiger partial charge >= 0.3 is 0 Å². The van der Waals surface area contributed by atoms with Gasteiger partial charge in [-0.05, 0) is 28.7 Å². The van der Waals surface area contributed by atoms with E-state index in [1.54, 1.807) is 0 Å². The Labute approximate surface area is 97.3 Å².